The summed E-state index contributed by atoms with van der Waals surface area (Å²) < 4.78 is 2.77. The van der Waals surface area contributed by atoms with E-state index in [1.807, 2.05) is 37.3 Å². The summed E-state index contributed by atoms with van der Waals surface area (Å²) in [5, 5.41) is 8.74. The van der Waals surface area contributed by atoms with E-state index >= 15 is 0 Å². The zero-order valence-corrected chi connectivity index (χ0v) is 19.4. The van der Waals surface area contributed by atoms with Crippen LogP contribution in [0.2, 0.25) is 5.02 Å². The minimum Gasteiger partial charge on any atom is -0.307 e. The number of anilines is 1. The van der Waals surface area contributed by atoms with E-state index in [0.717, 1.165) is 21.5 Å². The Bertz CT molecular complexity index is 1300. The number of nitrogens with zero attached hydrogens (tertiary/aromatic N) is 3. The molecular formula is C24H23ClN4OS. The largest absolute Gasteiger partial charge is 0.307 e. The van der Waals surface area contributed by atoms with Gasteiger partial charge >= 0.3 is 0 Å². The van der Waals surface area contributed by atoms with Crippen LogP contribution in [0.5, 0.6) is 0 Å². The van der Waals surface area contributed by atoms with E-state index in [4.69, 9.17) is 16.6 Å². The lowest BCUT2D eigenvalue weighted by atomic mass is 9.87. The third-order valence-electron chi connectivity index (χ3n) is 4.83. The fourth-order valence-corrected chi connectivity index (χ4v) is 4.32. The van der Waals surface area contributed by atoms with Crippen molar-refractivity contribution < 1.29 is 4.79 Å². The zero-order valence-electron chi connectivity index (χ0n) is 17.8. The predicted octanol–water partition coefficient (Wildman–Crippen LogP) is 6.39. The highest BCUT2D eigenvalue weighted by atomic mass is 35.5. The van der Waals surface area contributed by atoms with Crippen molar-refractivity contribution in [2.24, 2.45) is 0 Å². The highest BCUT2D eigenvalue weighted by molar-refractivity contribution is 7.20. The minimum atomic E-state index is -0.266. The molecule has 0 saturated heterocycles. The molecule has 2 aromatic carbocycles. The summed E-state index contributed by atoms with van der Waals surface area (Å²) in [5.74, 6) is 0.304. The number of hydrogen-bond acceptors (Lipinski definition) is 4. The van der Waals surface area contributed by atoms with Gasteiger partial charge in [-0.1, -0.05) is 68.0 Å². The fraction of sp³-hybridized carbons (Fsp3) is 0.208. The number of carbonyl (C=O) groups is 1. The van der Waals surface area contributed by atoms with Crippen molar-refractivity contribution in [1.82, 2.24) is 14.8 Å². The molecule has 0 atom stereocenters. The van der Waals surface area contributed by atoms with Gasteiger partial charge in [0.25, 0.3) is 0 Å². The van der Waals surface area contributed by atoms with Gasteiger partial charge in [-0.05, 0) is 47.7 Å². The van der Waals surface area contributed by atoms with E-state index in [2.05, 4.69) is 43.3 Å². The van der Waals surface area contributed by atoms with Crippen molar-refractivity contribution >= 4 is 51.0 Å². The van der Waals surface area contributed by atoms with Gasteiger partial charge in [-0.15, -0.1) is 0 Å². The predicted molar refractivity (Wildman–Crippen MR) is 129 cm³/mol. The standard InChI is InChI=1S/C24H23ClN4OS/c1-15-13-21(27-22(30)12-9-16-7-5-6-8-18(16)25)29(28-15)23-26-19-11-10-17(24(2,3)4)14-20(19)31-23/h5-14H,1-4H3,(H,27,30)/b12-9+. The van der Waals surface area contributed by atoms with Crippen LogP contribution >= 0.6 is 22.9 Å². The zero-order chi connectivity index (χ0) is 22.2. The minimum absolute atomic E-state index is 0.0632. The Morgan fingerprint density at radius 1 is 1.16 bits per heavy atom. The Morgan fingerprint density at radius 3 is 2.68 bits per heavy atom. The van der Waals surface area contributed by atoms with E-state index in [1.54, 1.807) is 28.2 Å². The van der Waals surface area contributed by atoms with Crippen molar-refractivity contribution in [3.63, 3.8) is 0 Å². The van der Waals surface area contributed by atoms with Gasteiger partial charge < -0.3 is 5.32 Å². The van der Waals surface area contributed by atoms with Crippen LogP contribution in [0.4, 0.5) is 5.82 Å². The second-order valence-corrected chi connectivity index (χ2v) is 9.77. The van der Waals surface area contributed by atoms with Crippen LogP contribution in [0, 0.1) is 6.92 Å². The summed E-state index contributed by atoms with van der Waals surface area (Å²) >= 11 is 7.70. The number of rotatable bonds is 4. The van der Waals surface area contributed by atoms with Gasteiger partial charge in [0, 0.05) is 17.2 Å². The van der Waals surface area contributed by atoms with E-state index in [0.29, 0.717) is 16.0 Å². The molecule has 2 aromatic heterocycles. The molecule has 0 aliphatic rings. The van der Waals surface area contributed by atoms with Crippen LogP contribution in [0.15, 0.2) is 54.6 Å². The summed E-state index contributed by atoms with van der Waals surface area (Å²) in [5.41, 5.74) is 3.81. The smallest absolute Gasteiger partial charge is 0.249 e. The number of hydrogen-bond donors (Lipinski definition) is 1. The van der Waals surface area contributed by atoms with E-state index in [1.165, 1.54) is 11.6 Å². The van der Waals surface area contributed by atoms with Crippen LogP contribution in [0.3, 0.4) is 0 Å². The van der Waals surface area contributed by atoms with Gasteiger partial charge in [0.2, 0.25) is 11.0 Å². The normalized spacial score (nSPS) is 12.0. The maximum absolute atomic E-state index is 12.5. The molecule has 0 saturated carbocycles. The Kier molecular flexibility index (Phi) is 5.69. The molecule has 0 aliphatic carbocycles. The van der Waals surface area contributed by atoms with Crippen molar-refractivity contribution in [2.45, 2.75) is 33.1 Å². The van der Waals surface area contributed by atoms with Gasteiger partial charge in [0.1, 0.15) is 5.82 Å². The first kappa shape index (κ1) is 21.3. The highest BCUT2D eigenvalue weighted by Crippen LogP contribution is 2.31. The second-order valence-electron chi connectivity index (χ2n) is 8.36. The van der Waals surface area contributed by atoms with Gasteiger partial charge in [0.05, 0.1) is 15.9 Å². The number of amides is 1. The SMILES string of the molecule is Cc1cc(NC(=O)/C=C/c2ccccc2Cl)n(-c2nc3ccc(C(C)(C)C)cc3s2)n1. The van der Waals surface area contributed by atoms with Crippen molar-refractivity contribution in [1.29, 1.82) is 0 Å². The first-order valence-electron chi connectivity index (χ1n) is 9.92. The summed E-state index contributed by atoms with van der Waals surface area (Å²) in [6.07, 6.45) is 3.15. The lowest BCUT2D eigenvalue weighted by Gasteiger charge is -2.18. The number of thiazole rings is 1. The number of aromatic nitrogens is 3. The topological polar surface area (TPSA) is 59.8 Å². The molecule has 5 nitrogen and oxygen atoms in total. The number of fused-ring (bicyclic) bond motifs is 1. The van der Waals surface area contributed by atoms with Gasteiger partial charge in [-0.2, -0.15) is 9.78 Å². The Morgan fingerprint density at radius 2 is 1.94 bits per heavy atom. The lowest BCUT2D eigenvalue weighted by molar-refractivity contribution is -0.111. The second kappa shape index (κ2) is 8.29. The molecule has 4 aromatic rings. The molecule has 4 rings (SSSR count). The first-order chi connectivity index (χ1) is 14.7. The summed E-state index contributed by atoms with van der Waals surface area (Å²) in [6.45, 7) is 8.46. The summed E-state index contributed by atoms with van der Waals surface area (Å²) in [7, 11) is 0. The number of carbonyl (C=O) groups excluding carboxylic acids is 1. The average molecular weight is 451 g/mol. The molecule has 0 bridgehead atoms. The lowest BCUT2D eigenvalue weighted by Crippen LogP contribution is -2.12. The van der Waals surface area contributed by atoms with E-state index in [9.17, 15) is 4.79 Å². The third-order valence-corrected chi connectivity index (χ3v) is 6.16. The van der Waals surface area contributed by atoms with Gasteiger partial charge in [0.15, 0.2) is 0 Å². The summed E-state index contributed by atoms with van der Waals surface area (Å²) in [4.78, 5) is 17.2. The fourth-order valence-electron chi connectivity index (χ4n) is 3.15. The molecule has 1 amide bonds. The Labute approximate surface area is 190 Å². The molecule has 0 unspecified atom stereocenters. The van der Waals surface area contributed by atoms with Crippen LogP contribution in [0.25, 0.3) is 21.4 Å². The van der Waals surface area contributed by atoms with Crippen molar-refractivity contribution in [3.05, 3.63) is 76.5 Å². The van der Waals surface area contributed by atoms with Gasteiger partial charge in [-0.3, -0.25) is 4.79 Å². The Hall–Kier alpha value is -2.96. The van der Waals surface area contributed by atoms with Gasteiger partial charge in [-0.25, -0.2) is 4.98 Å². The molecule has 0 aliphatic heterocycles. The molecule has 0 radical (unpaired) electrons. The van der Waals surface area contributed by atoms with Crippen LogP contribution < -0.4 is 5.32 Å². The monoisotopic (exact) mass is 450 g/mol. The number of halogens is 1. The molecule has 2 heterocycles. The molecular weight excluding hydrogens is 428 g/mol. The molecule has 158 valence electrons. The Balaban J connectivity index is 1.61. The number of benzene rings is 2. The molecule has 0 spiro atoms. The molecule has 1 N–H and O–H groups in total. The number of nitrogens with one attached hydrogen (secondary N) is 1. The summed E-state index contributed by atoms with van der Waals surface area (Å²) in [6, 6.07) is 15.5. The van der Waals surface area contributed by atoms with Crippen molar-refractivity contribution in [2.75, 3.05) is 5.32 Å². The highest BCUT2D eigenvalue weighted by Gasteiger charge is 2.17. The number of aryl methyl sites for hydroxylation is 1. The molecule has 31 heavy (non-hydrogen) atoms. The maximum atomic E-state index is 12.5. The van der Waals surface area contributed by atoms with E-state index < -0.39 is 0 Å². The van der Waals surface area contributed by atoms with Crippen LogP contribution in [-0.4, -0.2) is 20.7 Å². The first-order valence-corrected chi connectivity index (χ1v) is 11.1. The molecule has 0 fully saturated rings. The molecule has 7 heteroatoms. The maximum Gasteiger partial charge on any atom is 0.249 e. The van der Waals surface area contributed by atoms with E-state index in [-0.39, 0.29) is 11.3 Å². The van der Waals surface area contributed by atoms with Crippen LogP contribution in [-0.2, 0) is 10.2 Å². The van der Waals surface area contributed by atoms with Crippen LogP contribution in [0.1, 0.15) is 37.6 Å². The quantitative estimate of drug-likeness (QED) is 0.366. The third kappa shape index (κ3) is 4.70. The average Bonchev–Trinajstić information content (AvgIpc) is 3.29. The van der Waals surface area contributed by atoms with Crippen molar-refractivity contribution in [3.8, 4) is 5.13 Å².